The highest BCUT2D eigenvalue weighted by atomic mass is 16.3. The summed E-state index contributed by atoms with van der Waals surface area (Å²) >= 11 is 0. The Morgan fingerprint density at radius 3 is 2.55 bits per heavy atom. The number of nitrogens with two attached hydrogens (primary N) is 1. The van der Waals surface area contributed by atoms with Crippen LogP contribution in [0.4, 0.5) is 0 Å². The molecule has 0 spiro atoms. The van der Waals surface area contributed by atoms with Gasteiger partial charge in [-0.3, -0.25) is 0 Å². The second-order valence-electron chi connectivity index (χ2n) is 4.95. The Kier molecular flexibility index (Phi) is 3.40. The fourth-order valence-electron chi connectivity index (χ4n) is 2.66. The third kappa shape index (κ3) is 2.26. The summed E-state index contributed by atoms with van der Waals surface area (Å²) in [6.07, 6.45) is 6.21. The van der Waals surface area contributed by atoms with Crippen molar-refractivity contribution in [1.29, 1.82) is 0 Å². The van der Waals surface area contributed by atoms with E-state index in [4.69, 9.17) is 5.73 Å². The van der Waals surface area contributed by atoms with Crippen molar-refractivity contribution in [2.45, 2.75) is 5.92 Å². The van der Waals surface area contributed by atoms with Crippen molar-refractivity contribution in [2.24, 2.45) is 5.73 Å². The van der Waals surface area contributed by atoms with E-state index in [1.54, 1.807) is 6.07 Å². The molecule has 2 nitrogen and oxygen atoms in total. The zero-order valence-electron chi connectivity index (χ0n) is 11.2. The van der Waals surface area contributed by atoms with E-state index in [-0.39, 0.29) is 5.92 Å². The van der Waals surface area contributed by atoms with Gasteiger partial charge in [0.1, 0.15) is 5.75 Å². The van der Waals surface area contributed by atoms with E-state index in [1.807, 2.05) is 36.4 Å². The van der Waals surface area contributed by atoms with Gasteiger partial charge in [-0.15, -0.1) is 0 Å². The number of hydrogen-bond acceptors (Lipinski definition) is 2. The minimum absolute atomic E-state index is 0.177. The fourth-order valence-corrected chi connectivity index (χ4v) is 2.66. The highest BCUT2D eigenvalue weighted by Crippen LogP contribution is 2.34. The van der Waals surface area contributed by atoms with Gasteiger partial charge in [0.2, 0.25) is 0 Å². The molecule has 1 aliphatic carbocycles. The van der Waals surface area contributed by atoms with Gasteiger partial charge in [-0.25, -0.2) is 0 Å². The van der Waals surface area contributed by atoms with E-state index >= 15 is 0 Å². The average Bonchev–Trinajstić information content (AvgIpc) is 2.49. The number of fused-ring (bicyclic) bond motifs is 1. The molecule has 100 valence electrons. The second kappa shape index (κ2) is 5.35. The van der Waals surface area contributed by atoms with Gasteiger partial charge in [0, 0.05) is 18.0 Å². The van der Waals surface area contributed by atoms with E-state index in [1.165, 1.54) is 11.1 Å². The molecule has 0 bridgehead atoms. The van der Waals surface area contributed by atoms with Crippen LogP contribution in [0.3, 0.4) is 0 Å². The Morgan fingerprint density at radius 2 is 1.75 bits per heavy atom. The second-order valence-corrected chi connectivity index (χ2v) is 4.95. The first-order valence-corrected chi connectivity index (χ1v) is 6.76. The summed E-state index contributed by atoms with van der Waals surface area (Å²) in [4.78, 5) is 0. The minimum Gasteiger partial charge on any atom is -0.507 e. The number of rotatable bonds is 2. The van der Waals surface area contributed by atoms with Gasteiger partial charge in [0.15, 0.2) is 0 Å². The number of para-hydroxylation sites is 1. The van der Waals surface area contributed by atoms with E-state index in [0.717, 1.165) is 11.1 Å². The number of benzene rings is 2. The molecule has 1 unspecified atom stereocenters. The molecule has 2 aromatic rings. The molecule has 1 aliphatic rings. The van der Waals surface area contributed by atoms with E-state index in [0.29, 0.717) is 12.3 Å². The standard InChI is InChI=1S/C18H17NO/c19-12-17-14(11-15-6-2-4-8-18(15)20)10-9-13-5-1-3-7-16(13)17/h1-11,17,20H,12,19H2. The van der Waals surface area contributed by atoms with Crippen LogP contribution in [-0.4, -0.2) is 11.7 Å². The maximum atomic E-state index is 9.90. The number of hydrogen-bond donors (Lipinski definition) is 2. The number of aromatic hydroxyl groups is 1. The zero-order chi connectivity index (χ0) is 13.9. The summed E-state index contributed by atoms with van der Waals surface area (Å²) in [7, 11) is 0. The SMILES string of the molecule is NCC1C(=Cc2ccccc2O)C=Cc2ccccc21. The molecule has 3 rings (SSSR count). The van der Waals surface area contributed by atoms with Crippen molar-refractivity contribution in [3.63, 3.8) is 0 Å². The van der Waals surface area contributed by atoms with Gasteiger partial charge >= 0.3 is 0 Å². The van der Waals surface area contributed by atoms with Crippen LogP contribution in [0.25, 0.3) is 12.2 Å². The van der Waals surface area contributed by atoms with Crippen LogP contribution in [0, 0.1) is 0 Å². The van der Waals surface area contributed by atoms with E-state index in [9.17, 15) is 5.11 Å². The van der Waals surface area contributed by atoms with Gasteiger partial charge in [0.25, 0.3) is 0 Å². The molecule has 20 heavy (non-hydrogen) atoms. The Morgan fingerprint density at radius 1 is 1.00 bits per heavy atom. The molecule has 2 aromatic carbocycles. The Hall–Kier alpha value is -2.32. The molecule has 3 N–H and O–H groups in total. The summed E-state index contributed by atoms with van der Waals surface area (Å²) in [5.74, 6) is 0.471. The minimum atomic E-state index is 0.177. The van der Waals surface area contributed by atoms with Gasteiger partial charge in [-0.1, -0.05) is 54.6 Å². The summed E-state index contributed by atoms with van der Waals surface area (Å²) in [5, 5.41) is 9.90. The van der Waals surface area contributed by atoms with E-state index < -0.39 is 0 Å². The summed E-state index contributed by atoms with van der Waals surface area (Å²) in [6, 6.07) is 15.6. The molecule has 0 aromatic heterocycles. The van der Waals surface area contributed by atoms with Gasteiger partial charge < -0.3 is 10.8 Å². The van der Waals surface area contributed by atoms with Crippen LogP contribution in [0.5, 0.6) is 5.75 Å². The largest absolute Gasteiger partial charge is 0.507 e. The molecule has 0 amide bonds. The monoisotopic (exact) mass is 263 g/mol. The van der Waals surface area contributed by atoms with Crippen LogP contribution in [0.15, 0.2) is 60.2 Å². The maximum Gasteiger partial charge on any atom is 0.122 e. The first kappa shape index (κ1) is 12.7. The summed E-state index contributed by atoms with van der Waals surface area (Å²) in [5.41, 5.74) is 10.4. The topological polar surface area (TPSA) is 46.2 Å². The number of allylic oxidation sites excluding steroid dienone is 1. The lowest BCUT2D eigenvalue weighted by Crippen LogP contribution is -2.17. The lowest BCUT2D eigenvalue weighted by molar-refractivity contribution is 0.474. The van der Waals surface area contributed by atoms with Crippen LogP contribution >= 0.6 is 0 Å². The molecule has 0 heterocycles. The highest BCUT2D eigenvalue weighted by molar-refractivity contribution is 5.71. The number of phenolic OH excluding ortho intramolecular Hbond substituents is 1. The molecule has 0 saturated carbocycles. The van der Waals surface area contributed by atoms with Crippen molar-refractivity contribution in [3.8, 4) is 5.75 Å². The van der Waals surface area contributed by atoms with Crippen LogP contribution < -0.4 is 5.73 Å². The molecular weight excluding hydrogens is 246 g/mol. The normalized spacial score (nSPS) is 19.1. The summed E-state index contributed by atoms with van der Waals surface area (Å²) < 4.78 is 0. The molecule has 1 atom stereocenters. The van der Waals surface area contributed by atoms with Crippen molar-refractivity contribution in [1.82, 2.24) is 0 Å². The van der Waals surface area contributed by atoms with Crippen molar-refractivity contribution >= 4 is 12.2 Å². The molecule has 0 aliphatic heterocycles. The summed E-state index contributed by atoms with van der Waals surface area (Å²) in [6.45, 7) is 0.556. The predicted molar refractivity (Wildman–Crippen MR) is 83.4 cm³/mol. The Balaban J connectivity index is 2.06. The van der Waals surface area contributed by atoms with Crippen molar-refractivity contribution in [3.05, 3.63) is 76.9 Å². The molecule has 0 fully saturated rings. The Bertz CT molecular complexity index is 685. The highest BCUT2D eigenvalue weighted by Gasteiger charge is 2.19. The number of phenols is 1. The van der Waals surface area contributed by atoms with Crippen molar-refractivity contribution < 1.29 is 5.11 Å². The Labute approximate surface area is 118 Å². The average molecular weight is 263 g/mol. The van der Waals surface area contributed by atoms with Crippen LogP contribution in [0.2, 0.25) is 0 Å². The quantitative estimate of drug-likeness (QED) is 0.870. The smallest absolute Gasteiger partial charge is 0.122 e. The first-order valence-electron chi connectivity index (χ1n) is 6.76. The molecule has 0 saturated heterocycles. The molecule has 0 radical (unpaired) electrons. The van der Waals surface area contributed by atoms with Gasteiger partial charge in [-0.2, -0.15) is 0 Å². The lowest BCUT2D eigenvalue weighted by atomic mass is 9.82. The first-order chi connectivity index (χ1) is 9.79. The lowest BCUT2D eigenvalue weighted by Gasteiger charge is -2.23. The third-order valence-corrected chi connectivity index (χ3v) is 3.72. The van der Waals surface area contributed by atoms with Crippen LogP contribution in [-0.2, 0) is 0 Å². The predicted octanol–water partition coefficient (Wildman–Crippen LogP) is 3.54. The van der Waals surface area contributed by atoms with Crippen LogP contribution in [0.1, 0.15) is 22.6 Å². The van der Waals surface area contributed by atoms with Crippen molar-refractivity contribution in [2.75, 3.05) is 6.54 Å². The van der Waals surface area contributed by atoms with E-state index in [2.05, 4.69) is 24.3 Å². The van der Waals surface area contributed by atoms with Gasteiger partial charge in [0.05, 0.1) is 0 Å². The zero-order valence-corrected chi connectivity index (χ0v) is 11.2. The van der Waals surface area contributed by atoms with Gasteiger partial charge in [-0.05, 0) is 28.8 Å². The third-order valence-electron chi connectivity index (χ3n) is 3.72. The fraction of sp³-hybridized carbons (Fsp3) is 0.111. The molecule has 2 heteroatoms. The maximum absolute atomic E-state index is 9.90. The molecular formula is C18H17NO.